The van der Waals surface area contributed by atoms with E-state index in [-0.39, 0.29) is 10.8 Å². The summed E-state index contributed by atoms with van der Waals surface area (Å²) < 4.78 is 26.5. The van der Waals surface area contributed by atoms with Gasteiger partial charge in [-0.2, -0.15) is 4.31 Å². The van der Waals surface area contributed by atoms with Crippen molar-refractivity contribution in [2.75, 3.05) is 31.5 Å². The minimum Gasteiger partial charge on any atom is -0.322 e. The van der Waals surface area contributed by atoms with E-state index < -0.39 is 10.0 Å². The molecule has 0 bridgehead atoms. The normalized spacial score (nSPS) is 15.0. The van der Waals surface area contributed by atoms with E-state index in [0.29, 0.717) is 24.3 Å². The average molecular weight is 416 g/mol. The fourth-order valence-corrected chi connectivity index (χ4v) is 5.04. The monoisotopic (exact) mass is 415 g/mol. The maximum Gasteiger partial charge on any atom is 0.255 e. The molecule has 1 aliphatic rings. The maximum absolute atomic E-state index is 12.5. The van der Waals surface area contributed by atoms with Crippen molar-refractivity contribution >= 4 is 21.6 Å². The van der Waals surface area contributed by atoms with Crippen LogP contribution in [0.4, 0.5) is 5.69 Å². The zero-order valence-corrected chi connectivity index (χ0v) is 17.9. The molecule has 156 valence electrons. The summed E-state index contributed by atoms with van der Waals surface area (Å²) in [6, 6.07) is 14.0. The Morgan fingerprint density at radius 3 is 2.10 bits per heavy atom. The van der Waals surface area contributed by atoms with Crippen LogP contribution in [0.15, 0.2) is 53.4 Å². The maximum atomic E-state index is 12.5. The standard InChI is InChI=1S/C22H29N3O3S/c1-3-25(4-2)29(27,28)21-13-11-20(12-14-21)23-22(26)19-9-7-18(8-10-19)17-24-15-5-6-16-24/h7-14H,3-6,15-17H2,1-2H3,(H,23,26). The third kappa shape index (κ3) is 5.23. The van der Waals surface area contributed by atoms with Crippen molar-refractivity contribution in [3.63, 3.8) is 0 Å². The minimum absolute atomic E-state index is 0.211. The van der Waals surface area contributed by atoms with Gasteiger partial charge in [-0.25, -0.2) is 8.42 Å². The summed E-state index contributed by atoms with van der Waals surface area (Å²) in [4.78, 5) is 15.2. The Labute approximate surface area is 173 Å². The largest absolute Gasteiger partial charge is 0.322 e. The Bertz CT molecular complexity index is 915. The number of nitrogens with zero attached hydrogens (tertiary/aromatic N) is 2. The van der Waals surface area contributed by atoms with Crippen molar-refractivity contribution in [3.8, 4) is 0 Å². The summed E-state index contributed by atoms with van der Waals surface area (Å²) in [6.45, 7) is 7.67. The highest BCUT2D eigenvalue weighted by molar-refractivity contribution is 7.89. The lowest BCUT2D eigenvalue weighted by atomic mass is 10.1. The number of benzene rings is 2. The van der Waals surface area contributed by atoms with E-state index in [1.807, 2.05) is 38.1 Å². The first-order valence-corrected chi connectivity index (χ1v) is 11.6. The van der Waals surface area contributed by atoms with E-state index in [2.05, 4.69) is 10.2 Å². The van der Waals surface area contributed by atoms with Crippen LogP contribution in [-0.4, -0.2) is 49.7 Å². The highest BCUT2D eigenvalue weighted by Gasteiger charge is 2.21. The Hall–Kier alpha value is -2.22. The number of hydrogen-bond donors (Lipinski definition) is 1. The van der Waals surface area contributed by atoms with Gasteiger partial charge < -0.3 is 5.32 Å². The van der Waals surface area contributed by atoms with Gasteiger partial charge in [0, 0.05) is 30.9 Å². The van der Waals surface area contributed by atoms with Crippen LogP contribution in [-0.2, 0) is 16.6 Å². The van der Waals surface area contributed by atoms with Crippen LogP contribution in [0.2, 0.25) is 0 Å². The smallest absolute Gasteiger partial charge is 0.255 e. The SMILES string of the molecule is CCN(CC)S(=O)(=O)c1ccc(NC(=O)c2ccc(CN3CCCC3)cc2)cc1. The van der Waals surface area contributed by atoms with Crippen molar-refractivity contribution in [1.29, 1.82) is 0 Å². The van der Waals surface area contributed by atoms with Crippen LogP contribution in [0.5, 0.6) is 0 Å². The number of hydrogen-bond acceptors (Lipinski definition) is 4. The zero-order valence-electron chi connectivity index (χ0n) is 17.1. The summed E-state index contributed by atoms with van der Waals surface area (Å²) in [5.74, 6) is -0.211. The molecular formula is C22H29N3O3S. The molecule has 0 spiro atoms. The Morgan fingerprint density at radius 1 is 0.966 bits per heavy atom. The lowest BCUT2D eigenvalue weighted by molar-refractivity contribution is 0.102. The second-order valence-corrected chi connectivity index (χ2v) is 9.19. The van der Waals surface area contributed by atoms with Crippen LogP contribution < -0.4 is 5.32 Å². The molecule has 1 fully saturated rings. The van der Waals surface area contributed by atoms with Gasteiger partial charge in [0.25, 0.3) is 5.91 Å². The minimum atomic E-state index is -3.50. The molecule has 0 radical (unpaired) electrons. The molecule has 0 aromatic heterocycles. The van der Waals surface area contributed by atoms with Crippen molar-refractivity contribution in [3.05, 3.63) is 59.7 Å². The van der Waals surface area contributed by atoms with Gasteiger partial charge in [0.2, 0.25) is 10.0 Å². The molecule has 7 heteroatoms. The van der Waals surface area contributed by atoms with Crippen LogP contribution in [0, 0.1) is 0 Å². The summed E-state index contributed by atoms with van der Waals surface area (Å²) in [6.07, 6.45) is 2.52. The molecule has 2 aromatic rings. The van der Waals surface area contributed by atoms with Crippen LogP contribution >= 0.6 is 0 Å². The summed E-state index contributed by atoms with van der Waals surface area (Å²) in [7, 11) is -3.50. The van der Waals surface area contributed by atoms with Gasteiger partial charge in [-0.3, -0.25) is 9.69 Å². The van der Waals surface area contributed by atoms with E-state index in [1.54, 1.807) is 12.1 Å². The van der Waals surface area contributed by atoms with Gasteiger partial charge in [-0.05, 0) is 67.9 Å². The number of carbonyl (C=O) groups is 1. The first kappa shape index (κ1) is 21.5. The molecule has 0 saturated carbocycles. The third-order valence-electron chi connectivity index (χ3n) is 5.28. The highest BCUT2D eigenvalue weighted by atomic mass is 32.2. The van der Waals surface area contributed by atoms with Crippen molar-refractivity contribution < 1.29 is 13.2 Å². The molecule has 0 atom stereocenters. The number of rotatable bonds is 8. The highest BCUT2D eigenvalue weighted by Crippen LogP contribution is 2.19. The van der Waals surface area contributed by atoms with Gasteiger partial charge >= 0.3 is 0 Å². The van der Waals surface area contributed by atoms with E-state index in [1.165, 1.54) is 34.8 Å². The Balaban J connectivity index is 1.63. The molecule has 1 amide bonds. The quantitative estimate of drug-likeness (QED) is 0.716. The molecule has 1 N–H and O–H groups in total. The number of anilines is 1. The predicted molar refractivity (Wildman–Crippen MR) is 115 cm³/mol. The van der Waals surface area contributed by atoms with Gasteiger partial charge in [0.05, 0.1) is 4.90 Å². The van der Waals surface area contributed by atoms with E-state index in [0.717, 1.165) is 19.6 Å². The van der Waals surface area contributed by atoms with Crippen LogP contribution in [0.1, 0.15) is 42.6 Å². The summed E-state index contributed by atoms with van der Waals surface area (Å²) in [5.41, 5.74) is 2.35. The molecule has 3 rings (SSSR count). The Morgan fingerprint density at radius 2 is 1.55 bits per heavy atom. The molecular weight excluding hydrogens is 386 g/mol. The third-order valence-corrected chi connectivity index (χ3v) is 7.34. The van der Waals surface area contributed by atoms with Crippen molar-refractivity contribution in [2.45, 2.75) is 38.1 Å². The number of likely N-dealkylation sites (tertiary alicyclic amines) is 1. The average Bonchev–Trinajstić information content (AvgIpc) is 3.22. The summed E-state index contributed by atoms with van der Waals surface area (Å²) >= 11 is 0. The number of sulfonamides is 1. The van der Waals surface area contributed by atoms with Crippen molar-refractivity contribution in [1.82, 2.24) is 9.21 Å². The predicted octanol–water partition coefficient (Wildman–Crippen LogP) is 3.57. The lowest BCUT2D eigenvalue weighted by Gasteiger charge is -2.18. The van der Waals surface area contributed by atoms with Crippen molar-refractivity contribution in [2.24, 2.45) is 0 Å². The number of nitrogens with one attached hydrogen (secondary N) is 1. The molecule has 0 unspecified atom stereocenters. The fourth-order valence-electron chi connectivity index (χ4n) is 3.59. The fraction of sp³-hybridized carbons (Fsp3) is 0.409. The van der Waals surface area contributed by atoms with Gasteiger partial charge in [-0.15, -0.1) is 0 Å². The molecule has 0 aliphatic carbocycles. The van der Waals surface area contributed by atoms with E-state index >= 15 is 0 Å². The second-order valence-electron chi connectivity index (χ2n) is 7.25. The second kappa shape index (κ2) is 9.52. The first-order chi connectivity index (χ1) is 13.9. The number of amides is 1. The lowest BCUT2D eigenvalue weighted by Crippen LogP contribution is -2.30. The summed E-state index contributed by atoms with van der Waals surface area (Å²) in [5, 5.41) is 2.83. The molecule has 1 heterocycles. The van der Waals surface area contributed by atoms with E-state index in [4.69, 9.17) is 0 Å². The van der Waals surface area contributed by atoms with Crippen LogP contribution in [0.3, 0.4) is 0 Å². The van der Waals surface area contributed by atoms with Gasteiger partial charge in [-0.1, -0.05) is 26.0 Å². The molecule has 6 nitrogen and oxygen atoms in total. The molecule has 29 heavy (non-hydrogen) atoms. The Kier molecular flexibility index (Phi) is 7.05. The van der Waals surface area contributed by atoms with Crippen LogP contribution in [0.25, 0.3) is 0 Å². The zero-order chi connectivity index (χ0) is 20.9. The van der Waals surface area contributed by atoms with Gasteiger partial charge in [0.15, 0.2) is 0 Å². The topological polar surface area (TPSA) is 69.7 Å². The molecule has 1 saturated heterocycles. The van der Waals surface area contributed by atoms with E-state index in [9.17, 15) is 13.2 Å². The molecule has 1 aliphatic heterocycles. The molecule has 2 aromatic carbocycles. The van der Waals surface area contributed by atoms with Gasteiger partial charge in [0.1, 0.15) is 0 Å². The number of carbonyl (C=O) groups excluding carboxylic acids is 1. The first-order valence-electron chi connectivity index (χ1n) is 10.2.